The second-order valence-electron chi connectivity index (χ2n) is 13.8. The van der Waals surface area contributed by atoms with Crippen molar-refractivity contribution < 1.29 is 4.42 Å². The maximum atomic E-state index is 6.33. The van der Waals surface area contributed by atoms with Crippen molar-refractivity contribution in [2.75, 3.05) is 0 Å². The summed E-state index contributed by atoms with van der Waals surface area (Å²) in [5, 5.41) is 15.5. The van der Waals surface area contributed by atoms with E-state index in [1.165, 1.54) is 37.7 Å². The van der Waals surface area contributed by atoms with Gasteiger partial charge >= 0.3 is 0 Å². The van der Waals surface area contributed by atoms with Gasteiger partial charge in [-0.2, -0.15) is 0 Å². The SMILES string of the molecule is c1ccc2cc(C3N=C(c4cc(-c5cccc6oc7ccccc7c56)c5ccccc5c4)N=C(c4ccc5ccc6ccccc6c5c4)N3)ccc2c1. The highest BCUT2D eigenvalue weighted by Crippen LogP contribution is 2.40. The lowest BCUT2D eigenvalue weighted by Gasteiger charge is -2.24. The smallest absolute Gasteiger partial charge is 0.159 e. The van der Waals surface area contributed by atoms with E-state index in [0.29, 0.717) is 5.84 Å². The lowest BCUT2D eigenvalue weighted by Crippen LogP contribution is -2.33. The van der Waals surface area contributed by atoms with E-state index in [1.54, 1.807) is 0 Å². The van der Waals surface area contributed by atoms with Gasteiger partial charge in [0.25, 0.3) is 0 Å². The number of benzene rings is 9. The van der Waals surface area contributed by atoms with E-state index in [-0.39, 0.29) is 6.17 Å². The van der Waals surface area contributed by atoms with Crippen LogP contribution in [0.25, 0.3) is 76.2 Å². The van der Waals surface area contributed by atoms with Crippen molar-refractivity contribution in [3.05, 3.63) is 193 Å². The molecule has 1 aromatic heterocycles. The molecular formula is C49H31N3O. The summed E-state index contributed by atoms with van der Waals surface area (Å²) in [6.07, 6.45) is -0.346. The van der Waals surface area contributed by atoms with E-state index in [0.717, 1.165) is 61.0 Å². The fourth-order valence-corrected chi connectivity index (χ4v) is 8.08. The molecule has 4 nitrogen and oxygen atoms in total. The summed E-state index contributed by atoms with van der Waals surface area (Å²) in [6, 6.07) is 62.3. The number of rotatable bonds is 4. The summed E-state index contributed by atoms with van der Waals surface area (Å²) >= 11 is 0. The average molecular weight is 678 g/mol. The van der Waals surface area contributed by atoms with Crippen molar-refractivity contribution in [3.8, 4) is 11.1 Å². The molecular weight excluding hydrogens is 647 g/mol. The van der Waals surface area contributed by atoms with Crippen molar-refractivity contribution in [3.63, 3.8) is 0 Å². The summed E-state index contributed by atoms with van der Waals surface area (Å²) in [7, 11) is 0. The lowest BCUT2D eigenvalue weighted by molar-refractivity contribution is 0.669. The number of para-hydroxylation sites is 1. The average Bonchev–Trinajstić information content (AvgIpc) is 3.62. The Kier molecular flexibility index (Phi) is 6.58. The Morgan fingerprint density at radius 2 is 1.11 bits per heavy atom. The number of fused-ring (bicyclic) bond motifs is 8. The van der Waals surface area contributed by atoms with Crippen molar-refractivity contribution in [2.45, 2.75) is 6.17 Å². The van der Waals surface area contributed by atoms with Crippen LogP contribution in [0.1, 0.15) is 22.9 Å². The van der Waals surface area contributed by atoms with Gasteiger partial charge < -0.3 is 9.73 Å². The monoisotopic (exact) mass is 677 g/mol. The zero-order valence-corrected chi connectivity index (χ0v) is 28.6. The zero-order chi connectivity index (χ0) is 34.9. The van der Waals surface area contributed by atoms with Crippen molar-refractivity contribution in [1.82, 2.24) is 5.32 Å². The maximum Gasteiger partial charge on any atom is 0.159 e. The van der Waals surface area contributed by atoms with Crippen LogP contribution >= 0.6 is 0 Å². The number of amidine groups is 2. The fourth-order valence-electron chi connectivity index (χ4n) is 8.08. The molecule has 53 heavy (non-hydrogen) atoms. The van der Waals surface area contributed by atoms with Gasteiger partial charge in [0, 0.05) is 21.9 Å². The van der Waals surface area contributed by atoms with Crippen LogP contribution in [0.3, 0.4) is 0 Å². The first-order valence-corrected chi connectivity index (χ1v) is 18.0. The topological polar surface area (TPSA) is 49.9 Å². The zero-order valence-electron chi connectivity index (χ0n) is 28.6. The number of nitrogens with zero attached hydrogens (tertiary/aromatic N) is 2. The molecule has 4 heteroatoms. The summed E-state index contributed by atoms with van der Waals surface area (Å²) in [5.41, 5.74) is 7.05. The van der Waals surface area contributed by atoms with Gasteiger partial charge in [-0.1, -0.05) is 140 Å². The number of hydrogen-bond donors (Lipinski definition) is 1. The first kappa shape index (κ1) is 29.7. The quantitative estimate of drug-likeness (QED) is 0.189. The van der Waals surface area contributed by atoms with E-state index in [9.17, 15) is 0 Å². The maximum absolute atomic E-state index is 6.33. The van der Waals surface area contributed by atoms with E-state index < -0.39 is 0 Å². The second-order valence-corrected chi connectivity index (χ2v) is 13.8. The summed E-state index contributed by atoms with van der Waals surface area (Å²) in [5.74, 6) is 1.48. The minimum absolute atomic E-state index is 0.346. The van der Waals surface area contributed by atoms with Crippen LogP contribution in [0.5, 0.6) is 0 Å². The molecule has 248 valence electrons. The third kappa shape index (κ3) is 4.91. The molecule has 0 saturated heterocycles. The van der Waals surface area contributed by atoms with E-state index in [1.807, 2.05) is 12.1 Å². The molecule has 0 aliphatic carbocycles. The molecule has 10 aromatic rings. The van der Waals surface area contributed by atoms with Gasteiger partial charge in [-0.3, -0.25) is 0 Å². The van der Waals surface area contributed by atoms with Gasteiger partial charge in [0.15, 0.2) is 5.84 Å². The third-order valence-corrected chi connectivity index (χ3v) is 10.7. The predicted molar refractivity (Wildman–Crippen MR) is 221 cm³/mol. The van der Waals surface area contributed by atoms with Gasteiger partial charge in [-0.15, -0.1) is 0 Å². The summed E-state index contributed by atoms with van der Waals surface area (Å²) in [4.78, 5) is 10.7. The number of aliphatic imine (C=N–C) groups is 2. The summed E-state index contributed by atoms with van der Waals surface area (Å²) in [6.45, 7) is 0. The normalized spacial score (nSPS) is 14.6. The number of furan rings is 1. The van der Waals surface area contributed by atoms with E-state index in [2.05, 4.69) is 169 Å². The Hall–Kier alpha value is -7.04. The van der Waals surface area contributed by atoms with Gasteiger partial charge in [-0.25, -0.2) is 9.98 Å². The van der Waals surface area contributed by atoms with E-state index in [4.69, 9.17) is 14.4 Å². The van der Waals surface area contributed by atoms with Crippen molar-refractivity contribution in [2.24, 2.45) is 9.98 Å². The van der Waals surface area contributed by atoms with Crippen LogP contribution < -0.4 is 5.32 Å². The molecule has 1 atom stereocenters. The molecule has 2 heterocycles. The molecule has 9 aromatic carbocycles. The molecule has 11 rings (SSSR count). The summed E-state index contributed by atoms with van der Waals surface area (Å²) < 4.78 is 6.33. The first-order valence-electron chi connectivity index (χ1n) is 18.0. The molecule has 1 aliphatic rings. The Morgan fingerprint density at radius 1 is 0.434 bits per heavy atom. The van der Waals surface area contributed by atoms with Gasteiger partial charge in [0.1, 0.15) is 23.2 Å². The predicted octanol–water partition coefficient (Wildman–Crippen LogP) is 12.4. The van der Waals surface area contributed by atoms with Crippen molar-refractivity contribution in [1.29, 1.82) is 0 Å². The Morgan fingerprint density at radius 3 is 2.00 bits per heavy atom. The highest BCUT2D eigenvalue weighted by atomic mass is 16.3. The second kappa shape index (κ2) is 11.8. The lowest BCUT2D eigenvalue weighted by atomic mass is 9.92. The number of hydrogen-bond acceptors (Lipinski definition) is 4. The highest BCUT2D eigenvalue weighted by molar-refractivity contribution is 6.19. The Bertz CT molecular complexity index is 3170. The first-order chi connectivity index (χ1) is 26.2. The molecule has 1 N–H and O–H groups in total. The van der Waals surface area contributed by atoms with Crippen LogP contribution in [-0.2, 0) is 0 Å². The molecule has 0 radical (unpaired) electrons. The Balaban J connectivity index is 1.13. The van der Waals surface area contributed by atoms with Crippen LogP contribution in [0.2, 0.25) is 0 Å². The molecule has 1 unspecified atom stereocenters. The largest absolute Gasteiger partial charge is 0.456 e. The fraction of sp³-hybridized carbons (Fsp3) is 0.0204. The molecule has 0 saturated carbocycles. The Labute approximate surface area is 305 Å². The highest BCUT2D eigenvalue weighted by Gasteiger charge is 2.23. The molecule has 1 aliphatic heterocycles. The molecule has 0 spiro atoms. The van der Waals surface area contributed by atoms with Crippen LogP contribution in [0, 0.1) is 0 Å². The molecule has 0 bridgehead atoms. The minimum Gasteiger partial charge on any atom is -0.456 e. The molecule has 0 fully saturated rings. The third-order valence-electron chi connectivity index (χ3n) is 10.7. The van der Waals surface area contributed by atoms with Crippen LogP contribution in [0.4, 0.5) is 0 Å². The van der Waals surface area contributed by atoms with Gasteiger partial charge in [0.2, 0.25) is 0 Å². The van der Waals surface area contributed by atoms with Gasteiger partial charge in [0.05, 0.1) is 0 Å². The van der Waals surface area contributed by atoms with E-state index >= 15 is 0 Å². The van der Waals surface area contributed by atoms with Crippen LogP contribution in [-0.4, -0.2) is 11.7 Å². The number of nitrogens with one attached hydrogen (secondary N) is 1. The van der Waals surface area contributed by atoms with Crippen LogP contribution in [0.15, 0.2) is 190 Å². The molecule has 0 amide bonds. The van der Waals surface area contributed by atoms with Gasteiger partial charge in [-0.05, 0) is 96.2 Å². The van der Waals surface area contributed by atoms with Crippen molar-refractivity contribution >= 4 is 76.7 Å². The minimum atomic E-state index is -0.346. The standard InChI is InChI=1S/C49H31N3O/c1-2-12-33-26-35(24-20-30(33)10-1)47-50-48(36-25-23-32-22-21-31-11-3-5-14-38(31)42(32)28-36)52-49(51-47)37-27-34-13-4-6-15-39(34)43(29-37)40-17-9-19-45-46(40)41-16-7-8-18-44(41)53-45/h1-29,47H,(H,50,51,52).